The first-order valence-electron chi connectivity index (χ1n) is 8.51. The minimum Gasteiger partial charge on any atom is -0.326 e. The number of halogens is 1. The number of amides is 1. The number of hydrogen-bond donors (Lipinski definition) is 1. The highest BCUT2D eigenvalue weighted by Crippen LogP contribution is 2.33. The van der Waals surface area contributed by atoms with E-state index in [0.717, 1.165) is 24.3 Å². The molecule has 1 amide bonds. The number of para-hydroxylation sites is 1. The van der Waals surface area contributed by atoms with Gasteiger partial charge in [0.1, 0.15) is 5.82 Å². The molecule has 130 valence electrons. The molecule has 2 aromatic carbocycles. The largest absolute Gasteiger partial charge is 0.326 e. The maximum atomic E-state index is 12.5. The number of pyridine rings is 1. The van der Waals surface area contributed by atoms with E-state index in [4.69, 9.17) is 11.6 Å². The van der Waals surface area contributed by atoms with Crippen LogP contribution in [0.5, 0.6) is 0 Å². The molecule has 4 nitrogen and oxygen atoms in total. The van der Waals surface area contributed by atoms with Crippen molar-refractivity contribution in [2.75, 3.05) is 16.8 Å². The Kier molecular flexibility index (Phi) is 4.35. The molecule has 1 N–H and O–H groups in total. The van der Waals surface area contributed by atoms with Crippen molar-refractivity contribution in [3.63, 3.8) is 0 Å². The number of carbonyl (C=O) groups is 1. The van der Waals surface area contributed by atoms with Gasteiger partial charge in [0.25, 0.3) is 5.91 Å². The Labute approximate surface area is 157 Å². The van der Waals surface area contributed by atoms with Gasteiger partial charge in [0, 0.05) is 29.1 Å². The van der Waals surface area contributed by atoms with E-state index in [-0.39, 0.29) is 5.91 Å². The molecule has 1 aliphatic rings. The second-order valence-corrected chi connectivity index (χ2v) is 6.79. The highest BCUT2D eigenvalue weighted by Gasteiger charge is 2.20. The monoisotopic (exact) mass is 363 g/mol. The molecule has 1 aliphatic heterocycles. The number of nitrogens with one attached hydrogen (secondary N) is 1. The lowest BCUT2D eigenvalue weighted by Gasteiger charge is -2.18. The number of carbonyl (C=O) groups excluding carboxylic acids is 1. The Balaban J connectivity index is 1.53. The van der Waals surface area contributed by atoms with Crippen molar-refractivity contribution >= 4 is 34.7 Å². The summed E-state index contributed by atoms with van der Waals surface area (Å²) in [5.74, 6) is 0.654. The molecule has 2 heterocycles. The van der Waals surface area contributed by atoms with Gasteiger partial charge in [0.05, 0.1) is 5.56 Å². The highest BCUT2D eigenvalue weighted by atomic mass is 35.5. The number of fused-ring (bicyclic) bond motifs is 1. The summed E-state index contributed by atoms with van der Waals surface area (Å²) < 4.78 is 0. The van der Waals surface area contributed by atoms with E-state index in [9.17, 15) is 4.79 Å². The van der Waals surface area contributed by atoms with Gasteiger partial charge in [0.2, 0.25) is 0 Å². The average Bonchev–Trinajstić information content (AvgIpc) is 3.09. The molecule has 0 fully saturated rings. The van der Waals surface area contributed by atoms with Crippen molar-refractivity contribution in [1.82, 2.24) is 4.98 Å². The summed E-state index contributed by atoms with van der Waals surface area (Å²) in [6.07, 6.45) is 2.62. The van der Waals surface area contributed by atoms with E-state index in [0.29, 0.717) is 16.3 Å². The molecule has 0 unspecified atom stereocenters. The number of rotatable bonds is 3. The summed E-state index contributed by atoms with van der Waals surface area (Å²) in [6, 6.07) is 17.5. The second kappa shape index (κ2) is 6.81. The lowest BCUT2D eigenvalue weighted by Crippen LogP contribution is -2.16. The van der Waals surface area contributed by atoms with E-state index < -0.39 is 0 Å². The number of nitrogens with zero attached hydrogens (tertiary/aromatic N) is 2. The predicted molar refractivity (Wildman–Crippen MR) is 106 cm³/mol. The van der Waals surface area contributed by atoms with Gasteiger partial charge in [-0.3, -0.25) is 4.79 Å². The van der Waals surface area contributed by atoms with Crippen LogP contribution in [0.3, 0.4) is 0 Å². The van der Waals surface area contributed by atoms with E-state index in [1.165, 1.54) is 11.3 Å². The van der Waals surface area contributed by atoms with Gasteiger partial charge >= 0.3 is 0 Å². The maximum absolute atomic E-state index is 12.5. The second-order valence-electron chi connectivity index (χ2n) is 6.35. The standard InChI is InChI=1S/C21H18ClN3O/c1-14-6-8-17(22)12-18(14)24-21(26)16-7-9-20(23-13-16)25-11-10-15-4-2-3-5-19(15)25/h2-9,12-13H,10-11H2,1H3,(H,24,26). The van der Waals surface area contributed by atoms with Crippen molar-refractivity contribution in [3.05, 3.63) is 82.5 Å². The van der Waals surface area contributed by atoms with Crippen molar-refractivity contribution in [2.24, 2.45) is 0 Å². The first kappa shape index (κ1) is 16.6. The molecule has 5 heteroatoms. The van der Waals surface area contributed by atoms with Crippen LogP contribution in [0.15, 0.2) is 60.8 Å². The highest BCUT2D eigenvalue weighted by molar-refractivity contribution is 6.31. The normalized spacial score (nSPS) is 12.8. The van der Waals surface area contributed by atoms with E-state index >= 15 is 0 Å². The first-order valence-corrected chi connectivity index (χ1v) is 8.88. The number of benzene rings is 2. The Morgan fingerprint density at radius 3 is 2.81 bits per heavy atom. The van der Waals surface area contributed by atoms with Gasteiger partial charge in [-0.25, -0.2) is 4.98 Å². The molecule has 26 heavy (non-hydrogen) atoms. The van der Waals surface area contributed by atoms with E-state index in [1.807, 2.05) is 25.1 Å². The minimum absolute atomic E-state index is 0.198. The van der Waals surface area contributed by atoms with Crippen LogP contribution in [0.1, 0.15) is 21.5 Å². The van der Waals surface area contributed by atoms with Crippen LogP contribution in [0.4, 0.5) is 17.2 Å². The number of aryl methyl sites for hydroxylation is 1. The summed E-state index contributed by atoms with van der Waals surface area (Å²) in [5, 5.41) is 3.48. The summed E-state index contributed by atoms with van der Waals surface area (Å²) >= 11 is 6.01. The average molecular weight is 364 g/mol. The van der Waals surface area contributed by atoms with Crippen molar-refractivity contribution < 1.29 is 4.79 Å². The van der Waals surface area contributed by atoms with Gasteiger partial charge in [-0.05, 0) is 54.8 Å². The van der Waals surface area contributed by atoms with Crippen LogP contribution >= 0.6 is 11.6 Å². The molecule has 0 bridgehead atoms. The summed E-state index contributed by atoms with van der Waals surface area (Å²) in [5.41, 5.74) is 4.70. The molecule has 4 rings (SSSR count). The van der Waals surface area contributed by atoms with E-state index in [1.54, 1.807) is 24.4 Å². The third-order valence-electron chi connectivity index (χ3n) is 4.62. The molecular weight excluding hydrogens is 346 g/mol. The van der Waals surface area contributed by atoms with Crippen molar-refractivity contribution in [1.29, 1.82) is 0 Å². The smallest absolute Gasteiger partial charge is 0.257 e. The fourth-order valence-electron chi connectivity index (χ4n) is 3.18. The minimum atomic E-state index is -0.198. The summed E-state index contributed by atoms with van der Waals surface area (Å²) in [6.45, 7) is 2.83. The molecule has 3 aromatic rings. The van der Waals surface area contributed by atoms with Crippen LogP contribution in [-0.2, 0) is 6.42 Å². The number of aromatic nitrogens is 1. The number of anilines is 3. The SMILES string of the molecule is Cc1ccc(Cl)cc1NC(=O)c1ccc(N2CCc3ccccc32)nc1. The molecule has 0 radical (unpaired) electrons. The zero-order valence-electron chi connectivity index (χ0n) is 14.4. The fraction of sp³-hybridized carbons (Fsp3) is 0.143. The maximum Gasteiger partial charge on any atom is 0.257 e. The Bertz CT molecular complexity index is 969. The van der Waals surface area contributed by atoms with Crippen molar-refractivity contribution in [2.45, 2.75) is 13.3 Å². The van der Waals surface area contributed by atoms with Gasteiger partial charge < -0.3 is 10.2 Å². The lowest BCUT2D eigenvalue weighted by molar-refractivity contribution is 0.102. The van der Waals surface area contributed by atoms with Crippen molar-refractivity contribution in [3.8, 4) is 0 Å². The fourth-order valence-corrected chi connectivity index (χ4v) is 3.35. The predicted octanol–water partition coefficient (Wildman–Crippen LogP) is 4.99. The first-order chi connectivity index (χ1) is 12.6. The molecule has 0 atom stereocenters. The molecular formula is C21H18ClN3O. The molecule has 0 saturated carbocycles. The van der Waals surface area contributed by atoms with E-state index in [2.05, 4.69) is 33.4 Å². The Morgan fingerprint density at radius 2 is 2.00 bits per heavy atom. The quantitative estimate of drug-likeness (QED) is 0.713. The van der Waals surface area contributed by atoms with Crippen LogP contribution in [0.25, 0.3) is 0 Å². The van der Waals surface area contributed by atoms with Gasteiger partial charge in [-0.2, -0.15) is 0 Å². The van der Waals surface area contributed by atoms with Gasteiger partial charge in [-0.1, -0.05) is 35.9 Å². The third-order valence-corrected chi connectivity index (χ3v) is 4.86. The summed E-state index contributed by atoms with van der Waals surface area (Å²) in [4.78, 5) is 19.2. The summed E-state index contributed by atoms with van der Waals surface area (Å²) in [7, 11) is 0. The zero-order valence-corrected chi connectivity index (χ0v) is 15.1. The lowest BCUT2D eigenvalue weighted by atomic mass is 10.2. The van der Waals surface area contributed by atoms with Crippen LogP contribution in [0.2, 0.25) is 5.02 Å². The van der Waals surface area contributed by atoms with Gasteiger partial charge in [-0.15, -0.1) is 0 Å². The number of hydrogen-bond acceptors (Lipinski definition) is 3. The third kappa shape index (κ3) is 3.16. The molecule has 0 aliphatic carbocycles. The molecule has 1 aromatic heterocycles. The van der Waals surface area contributed by atoms with Gasteiger partial charge in [0.15, 0.2) is 0 Å². The van der Waals surface area contributed by atoms with Crippen LogP contribution in [-0.4, -0.2) is 17.4 Å². The van der Waals surface area contributed by atoms with Crippen LogP contribution < -0.4 is 10.2 Å². The molecule has 0 saturated heterocycles. The van der Waals surface area contributed by atoms with Crippen LogP contribution in [0, 0.1) is 6.92 Å². The topological polar surface area (TPSA) is 45.2 Å². The Hall–Kier alpha value is -2.85. The molecule has 0 spiro atoms. The zero-order chi connectivity index (χ0) is 18.1. The Morgan fingerprint density at radius 1 is 1.15 bits per heavy atom.